The number of hydrogen-bond donors (Lipinski definition) is 1. The second-order valence-corrected chi connectivity index (χ2v) is 21.1. The molecule has 3 heterocycles. The molecule has 0 aliphatic heterocycles. The largest absolute Gasteiger partial charge is 0.512 e. The molecule has 0 saturated heterocycles. The van der Waals surface area contributed by atoms with Crippen LogP contribution < -0.4 is 0 Å². The molecule has 0 aliphatic carbocycles. The van der Waals surface area contributed by atoms with Crippen LogP contribution in [0.4, 0.5) is 0 Å². The van der Waals surface area contributed by atoms with Gasteiger partial charge in [-0.1, -0.05) is 133 Å². The summed E-state index contributed by atoms with van der Waals surface area (Å²) in [7, 11) is 0. The molecule has 0 unspecified atom stereocenters. The van der Waals surface area contributed by atoms with Crippen LogP contribution in [0.2, 0.25) is 0 Å². The molecule has 0 fully saturated rings. The number of hydrogen-bond acceptors (Lipinski definition) is 5. The van der Waals surface area contributed by atoms with E-state index in [0.29, 0.717) is 0 Å². The first-order chi connectivity index (χ1) is 25.8. The number of aromatic nitrogens is 2. The molecule has 0 bridgehead atoms. The van der Waals surface area contributed by atoms with E-state index in [-0.39, 0.29) is 53.3 Å². The second kappa shape index (κ2) is 16.7. The maximum Gasteiger partial charge on any atom is 0.164 e. The van der Waals surface area contributed by atoms with Crippen molar-refractivity contribution < 1.29 is 30.0 Å². The van der Waals surface area contributed by atoms with E-state index in [1.54, 1.807) is 0 Å². The molecule has 0 spiro atoms. The topological polar surface area (TPSA) is 63.1 Å². The number of nitrogens with zero attached hydrogens (tertiary/aromatic N) is 2. The first-order valence-electron chi connectivity index (χ1n) is 19.6. The van der Waals surface area contributed by atoms with Gasteiger partial charge in [-0.2, -0.15) is 0 Å². The standard InChI is InChI=1S/C21H16NS.C19H24N.C11H20O2.Ir/c1-21(2,3)12-7-8-14-15(11-12)13-5-4-6-16-18(13)19-17(23-16)9-10-22-20(14)19;1-18(2,3)15-9-7-8-14(12-15)17-13-16(10-11-20-17)19(4,5)6;1-10(2,3)8(12)7-9(13)11(4,5)6;/h4-7,9-11H,1-3H3;7,9-13H,1-6H3;7,12H,1-6H3;/q2*-1;;/b;;8-7-;. The second-order valence-electron chi connectivity index (χ2n) is 20.1. The van der Waals surface area contributed by atoms with Crippen molar-refractivity contribution >= 4 is 59.0 Å². The van der Waals surface area contributed by atoms with E-state index < -0.39 is 5.41 Å². The summed E-state index contributed by atoms with van der Waals surface area (Å²) >= 11 is 1.86. The van der Waals surface area contributed by atoms with Crippen molar-refractivity contribution in [3.63, 3.8) is 0 Å². The number of rotatable bonds is 2. The summed E-state index contributed by atoms with van der Waals surface area (Å²) in [5, 5.41) is 16.0. The molecule has 0 saturated carbocycles. The molecule has 0 atom stereocenters. The van der Waals surface area contributed by atoms with E-state index in [9.17, 15) is 9.90 Å². The molecule has 7 aromatic rings. The van der Waals surface area contributed by atoms with Gasteiger partial charge in [0.05, 0.1) is 0 Å². The minimum Gasteiger partial charge on any atom is -0.512 e. The summed E-state index contributed by atoms with van der Waals surface area (Å²) in [6.45, 7) is 31.2. The quantitative estimate of drug-likeness (QED) is 0.0812. The number of pyridine rings is 2. The van der Waals surface area contributed by atoms with Gasteiger partial charge in [0.1, 0.15) is 5.76 Å². The number of fused-ring (bicyclic) bond motifs is 3. The average molecular weight is 957 g/mol. The van der Waals surface area contributed by atoms with Gasteiger partial charge in [0, 0.05) is 58.8 Å². The number of carbonyl (C=O) groups excluding carboxylic acids is 1. The molecular weight excluding hydrogens is 897 g/mol. The fourth-order valence-electron chi connectivity index (χ4n) is 6.20. The minimum atomic E-state index is -0.417. The molecule has 1 radical (unpaired) electrons. The van der Waals surface area contributed by atoms with Crippen molar-refractivity contribution in [3.8, 4) is 11.3 Å². The van der Waals surface area contributed by atoms with Gasteiger partial charge >= 0.3 is 0 Å². The molecule has 7 rings (SSSR count). The molecule has 4 nitrogen and oxygen atoms in total. The van der Waals surface area contributed by atoms with Crippen molar-refractivity contribution in [3.05, 3.63) is 120 Å². The van der Waals surface area contributed by atoms with Gasteiger partial charge in [-0.25, -0.2) is 0 Å². The normalized spacial score (nSPS) is 12.9. The Labute approximate surface area is 358 Å². The van der Waals surface area contributed by atoms with E-state index in [0.717, 1.165) is 22.2 Å². The van der Waals surface area contributed by atoms with Gasteiger partial charge in [-0.05, 0) is 62.0 Å². The van der Waals surface area contributed by atoms with Gasteiger partial charge in [-0.15, -0.1) is 75.9 Å². The zero-order chi connectivity index (χ0) is 41.6. The van der Waals surface area contributed by atoms with Gasteiger partial charge < -0.3 is 15.1 Å². The van der Waals surface area contributed by atoms with Crippen molar-refractivity contribution in [2.24, 2.45) is 10.8 Å². The molecule has 1 N–H and O–H groups in total. The van der Waals surface area contributed by atoms with Crippen LogP contribution in [0, 0.1) is 23.0 Å². The van der Waals surface area contributed by atoms with Gasteiger partial charge in [0.25, 0.3) is 0 Å². The number of carbonyl (C=O) groups is 1. The summed E-state index contributed by atoms with van der Waals surface area (Å²) in [4.78, 5) is 20.7. The zero-order valence-electron chi connectivity index (χ0n) is 36.6. The van der Waals surface area contributed by atoms with Crippen LogP contribution in [-0.4, -0.2) is 20.9 Å². The number of allylic oxidation sites excluding steroid dienone is 2. The molecule has 57 heavy (non-hydrogen) atoms. The molecule has 3 aromatic heterocycles. The van der Waals surface area contributed by atoms with Crippen molar-refractivity contribution in [1.29, 1.82) is 0 Å². The van der Waals surface area contributed by atoms with E-state index in [2.05, 4.69) is 140 Å². The third kappa shape index (κ3) is 10.6. The van der Waals surface area contributed by atoms with Crippen molar-refractivity contribution in [1.82, 2.24) is 9.97 Å². The third-order valence-electron chi connectivity index (χ3n) is 10.1. The minimum absolute atomic E-state index is 0. The maximum absolute atomic E-state index is 11.5. The fraction of sp³-hybridized carbons (Fsp3) is 0.392. The monoisotopic (exact) mass is 957 g/mol. The van der Waals surface area contributed by atoms with Crippen LogP contribution in [0.1, 0.15) is 121 Å². The first-order valence-corrected chi connectivity index (χ1v) is 20.4. The summed E-state index contributed by atoms with van der Waals surface area (Å²) < 4.78 is 2.66. The Bertz CT molecular complexity index is 2470. The van der Waals surface area contributed by atoms with Crippen molar-refractivity contribution in [2.45, 2.75) is 120 Å². The number of benzene rings is 4. The van der Waals surface area contributed by atoms with E-state index in [1.165, 1.54) is 53.7 Å². The Balaban J connectivity index is 0.000000196. The Kier molecular flexibility index (Phi) is 13.4. The number of ketones is 1. The third-order valence-corrected chi connectivity index (χ3v) is 11.2. The average Bonchev–Trinajstić information content (AvgIpc) is 3.49. The van der Waals surface area contributed by atoms with E-state index in [4.69, 9.17) is 4.98 Å². The van der Waals surface area contributed by atoms with Crippen molar-refractivity contribution in [2.75, 3.05) is 0 Å². The molecule has 4 aromatic carbocycles. The summed E-state index contributed by atoms with van der Waals surface area (Å²) in [6.07, 6.45) is 5.15. The maximum atomic E-state index is 11.5. The van der Waals surface area contributed by atoms with Gasteiger partial charge in [-0.3, -0.25) is 4.79 Å². The van der Waals surface area contributed by atoms with Crippen LogP contribution in [0.25, 0.3) is 53.1 Å². The van der Waals surface area contributed by atoms with Crippen LogP contribution in [0.15, 0.2) is 91.0 Å². The summed E-state index contributed by atoms with van der Waals surface area (Å²) in [5.41, 5.74) is 6.74. The van der Waals surface area contributed by atoms with Crippen LogP contribution >= 0.6 is 11.3 Å². The number of aliphatic hydroxyl groups excluding tert-OH is 1. The van der Waals surface area contributed by atoms with E-state index in [1.807, 2.05) is 71.3 Å². The first kappa shape index (κ1) is 45.7. The van der Waals surface area contributed by atoms with Gasteiger partial charge in [0.15, 0.2) is 5.78 Å². The molecule has 0 aliphatic rings. The summed E-state index contributed by atoms with van der Waals surface area (Å²) in [5.74, 6) is 0.104. The predicted molar refractivity (Wildman–Crippen MR) is 241 cm³/mol. The fourth-order valence-corrected chi connectivity index (χ4v) is 7.33. The molecule has 0 amide bonds. The molecular formula is C51H60IrN2O2S-2. The SMILES string of the molecule is CC(C)(C)C(=O)/C=C(\O)C(C)(C)C.CC(C)(C)c1c[c-]c2c(c1)c1cccc3sc4ccnc2c4c31.CC(C)(C)c1cc[c-]c(-c2cc(C(C)(C)C)ccn2)c1.[Ir]. The number of thiophene rings is 1. The molecule has 6 heteroatoms. The van der Waals surface area contributed by atoms with E-state index >= 15 is 0 Å². The zero-order valence-corrected chi connectivity index (χ0v) is 39.8. The Morgan fingerprint density at radius 3 is 1.84 bits per heavy atom. The molecule has 303 valence electrons. The van der Waals surface area contributed by atoms with Crippen LogP contribution in [0.3, 0.4) is 0 Å². The summed E-state index contributed by atoms with van der Waals surface area (Å²) in [6, 6.07) is 30.7. The Morgan fingerprint density at radius 1 is 0.649 bits per heavy atom. The Morgan fingerprint density at radius 2 is 1.25 bits per heavy atom. The smallest absolute Gasteiger partial charge is 0.164 e. The van der Waals surface area contributed by atoms with Crippen LogP contribution in [-0.2, 0) is 41.1 Å². The van der Waals surface area contributed by atoms with Gasteiger partial charge in [0.2, 0.25) is 0 Å². The predicted octanol–water partition coefficient (Wildman–Crippen LogP) is 14.5. The number of aliphatic hydroxyl groups is 1. The van der Waals surface area contributed by atoms with Crippen LogP contribution in [0.5, 0.6) is 0 Å². The Hall–Kier alpha value is -3.96.